The van der Waals surface area contributed by atoms with Crippen molar-refractivity contribution in [2.24, 2.45) is 7.05 Å². The Bertz CT molecular complexity index is 1670. The molecule has 1 N–H and O–H groups in total. The van der Waals surface area contributed by atoms with Gasteiger partial charge >= 0.3 is 11.9 Å². The van der Waals surface area contributed by atoms with Gasteiger partial charge in [-0.3, -0.25) is 9.69 Å². The van der Waals surface area contributed by atoms with Gasteiger partial charge in [0.2, 0.25) is 5.88 Å². The number of likely N-dealkylation sites (tertiary alicyclic amines) is 1. The Kier molecular flexibility index (Phi) is 7.94. The Morgan fingerprint density at radius 2 is 1.93 bits per heavy atom. The maximum Gasteiger partial charge on any atom is 0.335 e. The minimum Gasteiger partial charge on any atom is -0.478 e. The van der Waals surface area contributed by atoms with Crippen molar-refractivity contribution >= 4 is 23.0 Å². The molecule has 10 nitrogen and oxygen atoms in total. The molecule has 0 unspecified atom stereocenters. The number of carbonyl (C=O) groups excluding carboxylic acids is 1. The second-order valence-corrected chi connectivity index (χ2v) is 9.99. The van der Waals surface area contributed by atoms with Crippen molar-refractivity contribution in [3.63, 3.8) is 0 Å². The second-order valence-electron chi connectivity index (χ2n) is 9.99. The number of rotatable bonds is 8. The molecule has 1 aliphatic rings. The zero-order valence-electron chi connectivity index (χ0n) is 22.6. The van der Waals surface area contributed by atoms with Crippen molar-refractivity contribution in [2.45, 2.75) is 38.8 Å². The minimum absolute atomic E-state index is 0.0115. The van der Waals surface area contributed by atoms with Crippen LogP contribution in [0.4, 0.5) is 4.39 Å². The predicted octanol–water partition coefficient (Wildman–Crippen LogP) is 4.56. The molecule has 3 heterocycles. The van der Waals surface area contributed by atoms with E-state index in [-0.39, 0.29) is 29.4 Å². The maximum atomic E-state index is 14.2. The first kappa shape index (κ1) is 27.7. The van der Waals surface area contributed by atoms with Crippen molar-refractivity contribution in [3.05, 3.63) is 82.6 Å². The number of nitrogens with zero attached hydrogens (tertiary/aromatic N) is 5. The second kappa shape index (κ2) is 11.7. The highest BCUT2D eigenvalue weighted by Gasteiger charge is 2.24. The van der Waals surface area contributed by atoms with Crippen molar-refractivity contribution in [1.29, 1.82) is 5.26 Å². The van der Waals surface area contributed by atoms with Crippen LogP contribution in [-0.4, -0.2) is 49.6 Å². The third-order valence-corrected chi connectivity index (χ3v) is 7.22. The molecule has 1 fully saturated rings. The summed E-state index contributed by atoms with van der Waals surface area (Å²) in [4.78, 5) is 34.8. The fraction of sp³-hybridized carbons (Fsp3) is 0.300. The smallest absolute Gasteiger partial charge is 0.335 e. The van der Waals surface area contributed by atoms with Crippen LogP contribution in [0.1, 0.15) is 58.7 Å². The lowest BCUT2D eigenvalue weighted by atomic mass is 9.93. The molecule has 0 saturated carbocycles. The van der Waals surface area contributed by atoms with Crippen LogP contribution in [0.2, 0.25) is 0 Å². The standard InChI is InChI=1S/C30H28FN5O5/c1-18(37)41-26-14-22(30(38)39)13-25-29(26)34-27(35(25)2)16-36-10-8-20(9-11-36)24-4-3-5-28(33-24)40-17-21-7-6-19(15-32)12-23(21)31/h3-7,12-14,20H,8-11,16-17H2,1-2H3,(H,38,39). The number of aromatic carboxylic acids is 1. The number of pyridine rings is 1. The Morgan fingerprint density at radius 1 is 1.15 bits per heavy atom. The number of esters is 1. The largest absolute Gasteiger partial charge is 0.478 e. The number of benzene rings is 2. The lowest BCUT2D eigenvalue weighted by Gasteiger charge is -2.31. The first-order chi connectivity index (χ1) is 19.7. The summed E-state index contributed by atoms with van der Waals surface area (Å²) in [7, 11) is 1.82. The van der Waals surface area contributed by atoms with Gasteiger partial charge in [0.1, 0.15) is 23.8 Å². The van der Waals surface area contributed by atoms with E-state index in [1.807, 2.05) is 29.8 Å². The number of aromatic nitrogens is 3. The summed E-state index contributed by atoms with van der Waals surface area (Å²) in [5.41, 5.74) is 2.56. The first-order valence-corrected chi connectivity index (χ1v) is 13.1. The van der Waals surface area contributed by atoms with Gasteiger partial charge in [0.05, 0.1) is 29.3 Å². The van der Waals surface area contributed by atoms with Gasteiger partial charge in [-0.25, -0.2) is 19.2 Å². The van der Waals surface area contributed by atoms with Crippen LogP contribution in [-0.2, 0) is 25.0 Å². The van der Waals surface area contributed by atoms with E-state index in [4.69, 9.17) is 14.7 Å². The number of nitriles is 1. The molecule has 0 spiro atoms. The number of halogens is 1. The summed E-state index contributed by atoms with van der Waals surface area (Å²) >= 11 is 0. The third-order valence-electron chi connectivity index (χ3n) is 7.22. The van der Waals surface area contributed by atoms with Crippen LogP contribution >= 0.6 is 0 Å². The first-order valence-electron chi connectivity index (χ1n) is 13.1. The van der Waals surface area contributed by atoms with Crippen LogP contribution in [0.25, 0.3) is 11.0 Å². The van der Waals surface area contributed by atoms with Gasteiger partial charge in [0.15, 0.2) is 5.75 Å². The van der Waals surface area contributed by atoms with Gasteiger partial charge < -0.3 is 19.1 Å². The van der Waals surface area contributed by atoms with Crippen LogP contribution in [0.15, 0.2) is 48.5 Å². The van der Waals surface area contributed by atoms with Crippen molar-refractivity contribution < 1.29 is 28.6 Å². The van der Waals surface area contributed by atoms with Crippen LogP contribution < -0.4 is 9.47 Å². The molecule has 0 radical (unpaired) electrons. The number of fused-ring (bicyclic) bond motifs is 1. The van der Waals surface area contributed by atoms with Gasteiger partial charge in [0, 0.05) is 37.2 Å². The number of carbonyl (C=O) groups is 2. The van der Waals surface area contributed by atoms with E-state index >= 15 is 0 Å². The van der Waals surface area contributed by atoms with E-state index in [1.54, 1.807) is 18.2 Å². The molecule has 2 aromatic heterocycles. The average molecular weight is 558 g/mol. The topological polar surface area (TPSA) is 131 Å². The average Bonchev–Trinajstić information content (AvgIpc) is 3.27. The third kappa shape index (κ3) is 6.18. The van der Waals surface area contributed by atoms with E-state index in [1.165, 1.54) is 25.1 Å². The molecule has 11 heteroatoms. The van der Waals surface area contributed by atoms with Crippen LogP contribution in [0.3, 0.4) is 0 Å². The zero-order chi connectivity index (χ0) is 29.1. The van der Waals surface area contributed by atoms with Crippen molar-refractivity contribution in [1.82, 2.24) is 19.4 Å². The molecule has 0 amide bonds. The molecular formula is C30H28FN5O5. The summed E-state index contributed by atoms with van der Waals surface area (Å²) in [6.45, 7) is 3.42. The lowest BCUT2D eigenvalue weighted by molar-refractivity contribution is -0.131. The number of imidazole rings is 1. The molecule has 5 rings (SSSR count). The van der Waals surface area contributed by atoms with E-state index < -0.39 is 17.8 Å². The van der Waals surface area contributed by atoms with Crippen molar-refractivity contribution in [2.75, 3.05) is 13.1 Å². The van der Waals surface area contributed by atoms with Gasteiger partial charge in [-0.1, -0.05) is 12.1 Å². The quantitative estimate of drug-likeness (QED) is 0.245. The fourth-order valence-corrected chi connectivity index (χ4v) is 5.01. The number of aryl methyl sites for hydroxylation is 1. The summed E-state index contributed by atoms with van der Waals surface area (Å²) in [5.74, 6) is -0.644. The molecule has 1 saturated heterocycles. The highest BCUT2D eigenvalue weighted by molar-refractivity contribution is 5.96. The molecule has 210 valence electrons. The van der Waals surface area contributed by atoms with Crippen LogP contribution in [0, 0.1) is 17.1 Å². The SMILES string of the molecule is CC(=O)Oc1cc(C(=O)O)cc2c1nc(CN1CCC(c3cccc(OCc4ccc(C#N)cc4F)n3)CC1)n2C. The number of hydrogen-bond acceptors (Lipinski definition) is 8. The highest BCUT2D eigenvalue weighted by Crippen LogP contribution is 2.31. The summed E-state index contributed by atoms with van der Waals surface area (Å²) in [6.07, 6.45) is 1.74. The molecule has 0 aliphatic carbocycles. The summed E-state index contributed by atoms with van der Waals surface area (Å²) < 4.78 is 27.1. The minimum atomic E-state index is -1.12. The van der Waals surface area contributed by atoms with E-state index in [0.29, 0.717) is 29.0 Å². The van der Waals surface area contributed by atoms with Gasteiger partial charge in [-0.15, -0.1) is 0 Å². The lowest BCUT2D eigenvalue weighted by Crippen LogP contribution is -2.33. The normalized spacial score (nSPS) is 14.1. The number of carboxylic acids is 1. The molecule has 0 atom stereocenters. The van der Waals surface area contributed by atoms with E-state index in [2.05, 4.69) is 14.9 Å². The molecular weight excluding hydrogens is 529 g/mol. The Hall–Kier alpha value is -4.82. The van der Waals surface area contributed by atoms with Gasteiger partial charge in [0.25, 0.3) is 0 Å². The Morgan fingerprint density at radius 3 is 2.61 bits per heavy atom. The van der Waals surface area contributed by atoms with Crippen LogP contribution in [0.5, 0.6) is 11.6 Å². The number of ether oxygens (including phenoxy) is 2. The number of carboxylic acid groups (broad SMARTS) is 1. The van der Waals surface area contributed by atoms with Gasteiger partial charge in [-0.05, 0) is 56.3 Å². The number of piperidine rings is 1. The Labute approximate surface area is 235 Å². The zero-order valence-corrected chi connectivity index (χ0v) is 22.6. The maximum absolute atomic E-state index is 14.2. The van der Waals surface area contributed by atoms with Gasteiger partial charge in [-0.2, -0.15) is 5.26 Å². The van der Waals surface area contributed by atoms with Crippen molar-refractivity contribution in [3.8, 4) is 17.7 Å². The highest BCUT2D eigenvalue weighted by atomic mass is 19.1. The molecule has 1 aliphatic heterocycles. The number of hydrogen-bond donors (Lipinski definition) is 1. The van der Waals surface area contributed by atoms with E-state index in [0.717, 1.165) is 37.4 Å². The molecule has 0 bridgehead atoms. The fourth-order valence-electron chi connectivity index (χ4n) is 5.01. The van der Waals surface area contributed by atoms with E-state index in [9.17, 15) is 19.1 Å². The molecule has 2 aromatic carbocycles. The summed E-state index contributed by atoms with van der Waals surface area (Å²) in [6, 6.07) is 14.6. The molecule has 4 aromatic rings. The monoisotopic (exact) mass is 557 g/mol. The predicted molar refractivity (Wildman–Crippen MR) is 146 cm³/mol. The summed E-state index contributed by atoms with van der Waals surface area (Å²) in [5, 5.41) is 18.4. The molecule has 41 heavy (non-hydrogen) atoms. The Balaban J connectivity index is 1.23.